The fourth-order valence-corrected chi connectivity index (χ4v) is 3.52. The average molecular weight is 300 g/mol. The SMILES string of the molecule is COC(=O)C(Br)CNC1CCS(=O)(=O)C1. The number of hydrogen-bond acceptors (Lipinski definition) is 5. The minimum atomic E-state index is -2.86. The standard InChI is InChI=1S/C8H14BrNO4S/c1-14-8(11)7(9)4-10-6-2-3-15(12,13)5-6/h6-7,10H,2-5H2,1H3. The van der Waals surface area contributed by atoms with Crippen LogP contribution in [0.4, 0.5) is 0 Å². The van der Waals surface area contributed by atoms with Crippen LogP contribution in [0.2, 0.25) is 0 Å². The van der Waals surface area contributed by atoms with Gasteiger partial charge in [0.15, 0.2) is 9.84 Å². The lowest BCUT2D eigenvalue weighted by atomic mass is 10.2. The number of hydrogen-bond donors (Lipinski definition) is 1. The van der Waals surface area contributed by atoms with Crippen molar-refractivity contribution in [3.8, 4) is 0 Å². The van der Waals surface area contributed by atoms with Gasteiger partial charge in [0.2, 0.25) is 0 Å². The summed E-state index contributed by atoms with van der Waals surface area (Å²) in [5.74, 6) is 0.0346. The minimum absolute atomic E-state index is 0.0419. The number of carbonyl (C=O) groups excluding carboxylic acids is 1. The topological polar surface area (TPSA) is 72.5 Å². The van der Waals surface area contributed by atoms with Crippen LogP contribution in [-0.2, 0) is 19.4 Å². The van der Waals surface area contributed by atoms with E-state index in [0.717, 1.165) is 0 Å². The third-order valence-corrected chi connectivity index (χ3v) is 4.74. The Hall–Kier alpha value is -0.140. The molecule has 7 heteroatoms. The minimum Gasteiger partial charge on any atom is -0.468 e. The second-order valence-electron chi connectivity index (χ2n) is 3.50. The Morgan fingerprint density at radius 3 is 2.80 bits per heavy atom. The summed E-state index contributed by atoms with van der Waals surface area (Å²) in [6.07, 6.45) is 0.614. The fraction of sp³-hybridized carbons (Fsp3) is 0.875. The molecule has 2 unspecified atom stereocenters. The summed E-state index contributed by atoms with van der Waals surface area (Å²) in [5.41, 5.74) is 0. The molecular formula is C8H14BrNO4S. The van der Waals surface area contributed by atoms with Gasteiger partial charge in [-0.3, -0.25) is 4.79 Å². The molecule has 1 N–H and O–H groups in total. The van der Waals surface area contributed by atoms with Crippen LogP contribution in [0.3, 0.4) is 0 Å². The van der Waals surface area contributed by atoms with Crippen LogP contribution in [0.25, 0.3) is 0 Å². The molecule has 2 atom stereocenters. The Kier molecular flexibility index (Phi) is 4.54. The van der Waals surface area contributed by atoms with Crippen LogP contribution in [0.5, 0.6) is 0 Å². The summed E-state index contributed by atoms with van der Waals surface area (Å²) in [6.45, 7) is 0.382. The molecule has 0 amide bonds. The summed E-state index contributed by atoms with van der Waals surface area (Å²) >= 11 is 3.15. The van der Waals surface area contributed by atoms with Crippen LogP contribution in [-0.4, -0.2) is 50.4 Å². The molecule has 5 nitrogen and oxygen atoms in total. The van der Waals surface area contributed by atoms with Gasteiger partial charge in [-0.2, -0.15) is 0 Å². The summed E-state index contributed by atoms with van der Waals surface area (Å²) in [5, 5.41) is 3.03. The second kappa shape index (κ2) is 5.27. The molecule has 0 aliphatic carbocycles. The number of sulfone groups is 1. The van der Waals surface area contributed by atoms with Crippen LogP contribution in [0.1, 0.15) is 6.42 Å². The molecule has 1 aliphatic heterocycles. The molecule has 1 saturated heterocycles. The highest BCUT2D eigenvalue weighted by Gasteiger charge is 2.28. The third kappa shape index (κ3) is 4.08. The average Bonchev–Trinajstić information content (AvgIpc) is 2.53. The highest BCUT2D eigenvalue weighted by Crippen LogP contribution is 2.11. The molecule has 0 spiro atoms. The van der Waals surface area contributed by atoms with Crippen molar-refractivity contribution in [2.45, 2.75) is 17.3 Å². The first-order valence-electron chi connectivity index (χ1n) is 4.60. The predicted octanol–water partition coefficient (Wildman–Crippen LogP) is -0.300. The molecule has 0 aromatic rings. The highest BCUT2D eigenvalue weighted by molar-refractivity contribution is 9.10. The molecule has 0 bridgehead atoms. The van der Waals surface area contributed by atoms with Gasteiger partial charge in [0.25, 0.3) is 0 Å². The molecule has 1 rings (SSSR count). The third-order valence-electron chi connectivity index (χ3n) is 2.28. The Balaban J connectivity index is 2.30. The van der Waals surface area contributed by atoms with Gasteiger partial charge in [0, 0.05) is 12.6 Å². The number of halogens is 1. The van der Waals surface area contributed by atoms with Crippen molar-refractivity contribution in [3.63, 3.8) is 0 Å². The Morgan fingerprint density at radius 2 is 2.33 bits per heavy atom. The zero-order valence-electron chi connectivity index (χ0n) is 8.40. The largest absolute Gasteiger partial charge is 0.468 e. The first kappa shape index (κ1) is 12.9. The second-order valence-corrected chi connectivity index (χ2v) is 6.83. The zero-order valence-corrected chi connectivity index (χ0v) is 10.8. The van der Waals surface area contributed by atoms with E-state index in [0.29, 0.717) is 13.0 Å². The van der Waals surface area contributed by atoms with Gasteiger partial charge in [-0.25, -0.2) is 8.42 Å². The Labute approximate surface area is 97.6 Å². The number of nitrogens with one attached hydrogen (secondary N) is 1. The first-order valence-corrected chi connectivity index (χ1v) is 7.34. The normalized spacial score (nSPS) is 26.1. The summed E-state index contributed by atoms with van der Waals surface area (Å²) in [6, 6.07) is -0.0419. The molecule has 0 radical (unpaired) electrons. The molecule has 0 aromatic heterocycles. The van der Waals surface area contributed by atoms with E-state index < -0.39 is 14.7 Å². The van der Waals surface area contributed by atoms with Crippen molar-refractivity contribution in [1.82, 2.24) is 5.32 Å². The van der Waals surface area contributed by atoms with Gasteiger partial charge in [-0.15, -0.1) is 0 Å². The van der Waals surface area contributed by atoms with E-state index >= 15 is 0 Å². The van der Waals surface area contributed by atoms with Crippen molar-refractivity contribution in [2.75, 3.05) is 25.2 Å². The Morgan fingerprint density at radius 1 is 1.67 bits per heavy atom. The molecule has 88 valence electrons. The van der Waals surface area contributed by atoms with E-state index in [4.69, 9.17) is 0 Å². The Bertz CT molecular complexity index is 330. The lowest BCUT2D eigenvalue weighted by Crippen LogP contribution is -2.37. The smallest absolute Gasteiger partial charge is 0.320 e. The van der Waals surface area contributed by atoms with Crippen molar-refractivity contribution in [3.05, 3.63) is 0 Å². The molecular weight excluding hydrogens is 286 g/mol. The van der Waals surface area contributed by atoms with E-state index in [2.05, 4.69) is 26.0 Å². The summed E-state index contributed by atoms with van der Waals surface area (Å²) < 4.78 is 26.8. The number of alkyl halides is 1. The van der Waals surface area contributed by atoms with Crippen molar-refractivity contribution < 1.29 is 17.9 Å². The van der Waals surface area contributed by atoms with Crippen LogP contribution >= 0.6 is 15.9 Å². The number of rotatable bonds is 4. The molecule has 0 aromatic carbocycles. The fourth-order valence-electron chi connectivity index (χ4n) is 1.44. The van der Waals surface area contributed by atoms with Gasteiger partial charge in [0.1, 0.15) is 4.83 Å². The number of esters is 1. The lowest BCUT2D eigenvalue weighted by Gasteiger charge is -2.13. The van der Waals surface area contributed by atoms with Gasteiger partial charge in [0.05, 0.1) is 18.6 Å². The van der Waals surface area contributed by atoms with Crippen molar-refractivity contribution in [1.29, 1.82) is 0 Å². The quantitative estimate of drug-likeness (QED) is 0.570. The van der Waals surface area contributed by atoms with E-state index in [1.807, 2.05) is 0 Å². The number of methoxy groups -OCH3 is 1. The lowest BCUT2D eigenvalue weighted by molar-refractivity contribution is -0.139. The molecule has 1 aliphatic rings. The maximum absolute atomic E-state index is 11.1. The zero-order chi connectivity index (χ0) is 11.5. The van der Waals surface area contributed by atoms with Crippen molar-refractivity contribution >= 4 is 31.7 Å². The molecule has 1 heterocycles. The van der Waals surface area contributed by atoms with Crippen LogP contribution in [0.15, 0.2) is 0 Å². The van der Waals surface area contributed by atoms with E-state index in [1.165, 1.54) is 7.11 Å². The first-order chi connectivity index (χ1) is 6.94. The summed E-state index contributed by atoms with van der Waals surface area (Å²) in [4.78, 5) is 10.6. The van der Waals surface area contributed by atoms with E-state index in [-0.39, 0.29) is 23.5 Å². The number of carbonyl (C=O) groups is 1. The van der Waals surface area contributed by atoms with Gasteiger partial charge in [-0.05, 0) is 6.42 Å². The number of ether oxygens (including phenoxy) is 1. The highest BCUT2D eigenvalue weighted by atomic mass is 79.9. The van der Waals surface area contributed by atoms with Gasteiger partial charge in [-0.1, -0.05) is 15.9 Å². The predicted molar refractivity (Wildman–Crippen MR) is 59.8 cm³/mol. The maximum atomic E-state index is 11.1. The molecule has 1 fully saturated rings. The molecule has 0 saturated carbocycles. The monoisotopic (exact) mass is 299 g/mol. The molecule has 15 heavy (non-hydrogen) atoms. The van der Waals surface area contributed by atoms with Gasteiger partial charge >= 0.3 is 5.97 Å². The summed E-state index contributed by atoms with van der Waals surface area (Å²) in [7, 11) is -1.55. The van der Waals surface area contributed by atoms with Gasteiger partial charge < -0.3 is 10.1 Å². The van der Waals surface area contributed by atoms with E-state index in [9.17, 15) is 13.2 Å². The van der Waals surface area contributed by atoms with E-state index in [1.54, 1.807) is 0 Å². The van der Waals surface area contributed by atoms with Crippen molar-refractivity contribution in [2.24, 2.45) is 0 Å². The van der Waals surface area contributed by atoms with Crippen LogP contribution in [0, 0.1) is 0 Å². The maximum Gasteiger partial charge on any atom is 0.320 e. The van der Waals surface area contributed by atoms with Crippen LogP contribution < -0.4 is 5.32 Å².